The van der Waals surface area contributed by atoms with Crippen LogP contribution in [-0.2, 0) is 6.42 Å². The van der Waals surface area contributed by atoms with Gasteiger partial charge in [-0.2, -0.15) is 0 Å². The number of benzene rings is 2. The third kappa shape index (κ3) is 5.48. The van der Waals surface area contributed by atoms with Crippen molar-refractivity contribution in [3.63, 3.8) is 0 Å². The molecular weight excluding hydrogens is 344 g/mol. The molecule has 0 bridgehead atoms. The smallest absolute Gasteiger partial charge is 0.170 e. The number of hydrogen-bond acceptors (Lipinski definition) is 1. The van der Waals surface area contributed by atoms with Gasteiger partial charge in [0.05, 0.1) is 5.69 Å². The topological polar surface area (TPSA) is 24.1 Å². The first-order valence-electron chi connectivity index (χ1n) is 7.00. The monoisotopic (exact) mass is 362 g/mol. The van der Waals surface area contributed by atoms with Crippen molar-refractivity contribution in [3.8, 4) is 0 Å². The fourth-order valence-corrected chi connectivity index (χ4v) is 2.83. The normalized spacial score (nSPS) is 10.2. The Labute approximate surface area is 140 Å². The van der Waals surface area contributed by atoms with Crippen molar-refractivity contribution in [1.29, 1.82) is 0 Å². The second-order valence-corrected chi connectivity index (χ2v) is 6.22. The molecule has 0 saturated heterocycles. The van der Waals surface area contributed by atoms with E-state index in [1.165, 1.54) is 11.1 Å². The van der Waals surface area contributed by atoms with Crippen LogP contribution in [0.5, 0.6) is 0 Å². The minimum absolute atomic E-state index is 0.660. The Morgan fingerprint density at radius 1 is 1.14 bits per heavy atom. The summed E-state index contributed by atoms with van der Waals surface area (Å²) in [5, 5.41) is 7.11. The second-order valence-electron chi connectivity index (χ2n) is 4.95. The molecule has 2 nitrogen and oxygen atoms in total. The van der Waals surface area contributed by atoms with Crippen LogP contribution in [0, 0.1) is 6.92 Å². The van der Waals surface area contributed by atoms with Crippen LogP contribution >= 0.6 is 28.1 Å². The first kappa shape index (κ1) is 16.0. The first-order chi connectivity index (χ1) is 10.1. The fraction of sp³-hybridized carbons (Fsp3) is 0.235. The van der Waals surface area contributed by atoms with Gasteiger partial charge in [-0.1, -0.05) is 36.4 Å². The Morgan fingerprint density at radius 3 is 2.62 bits per heavy atom. The number of aryl methyl sites for hydroxylation is 2. The second kappa shape index (κ2) is 8.15. The van der Waals surface area contributed by atoms with E-state index in [1.54, 1.807) is 0 Å². The quantitative estimate of drug-likeness (QED) is 0.596. The van der Waals surface area contributed by atoms with Crippen LogP contribution in [0.25, 0.3) is 0 Å². The zero-order valence-corrected chi connectivity index (χ0v) is 14.4. The molecular formula is C17H19BrN2S. The average molecular weight is 363 g/mol. The summed E-state index contributed by atoms with van der Waals surface area (Å²) in [4.78, 5) is 0. The summed E-state index contributed by atoms with van der Waals surface area (Å²) in [5.41, 5.74) is 3.56. The lowest BCUT2D eigenvalue weighted by Gasteiger charge is -2.12. The van der Waals surface area contributed by atoms with E-state index in [-0.39, 0.29) is 0 Å². The Hall–Kier alpha value is -1.39. The molecule has 0 spiro atoms. The molecule has 21 heavy (non-hydrogen) atoms. The van der Waals surface area contributed by atoms with E-state index >= 15 is 0 Å². The Kier molecular flexibility index (Phi) is 6.21. The molecule has 0 radical (unpaired) electrons. The highest BCUT2D eigenvalue weighted by Crippen LogP contribution is 2.23. The van der Waals surface area contributed by atoms with Gasteiger partial charge in [0.25, 0.3) is 0 Å². The molecule has 0 aliphatic rings. The average Bonchev–Trinajstić information content (AvgIpc) is 2.48. The summed E-state index contributed by atoms with van der Waals surface area (Å²) >= 11 is 8.85. The van der Waals surface area contributed by atoms with Crippen LogP contribution in [-0.4, -0.2) is 11.7 Å². The number of hydrogen-bond donors (Lipinski definition) is 2. The molecule has 0 aliphatic carbocycles. The predicted octanol–water partition coefficient (Wildman–Crippen LogP) is 4.68. The summed E-state index contributed by atoms with van der Waals surface area (Å²) in [5.74, 6) is 0. The van der Waals surface area contributed by atoms with Gasteiger partial charge in [0, 0.05) is 11.0 Å². The standard InChI is InChI=1S/C17H19BrN2S/c1-13-9-10-16(15(18)12-13)20-17(21)19-11-5-8-14-6-3-2-4-7-14/h2-4,6-7,9-10,12H,5,8,11H2,1H3,(H2,19,20,21). The van der Waals surface area contributed by atoms with E-state index in [9.17, 15) is 0 Å². The molecule has 0 saturated carbocycles. The molecule has 0 fully saturated rings. The molecule has 2 aromatic carbocycles. The number of anilines is 1. The molecule has 2 aromatic rings. The summed E-state index contributed by atoms with van der Waals surface area (Å²) in [6.07, 6.45) is 2.12. The van der Waals surface area contributed by atoms with Crippen molar-refractivity contribution < 1.29 is 0 Å². The van der Waals surface area contributed by atoms with Crippen LogP contribution < -0.4 is 10.6 Å². The fourth-order valence-electron chi connectivity index (χ4n) is 2.03. The van der Waals surface area contributed by atoms with Gasteiger partial charge >= 0.3 is 0 Å². The highest BCUT2D eigenvalue weighted by molar-refractivity contribution is 9.10. The van der Waals surface area contributed by atoms with Crippen molar-refractivity contribution >= 4 is 38.9 Å². The van der Waals surface area contributed by atoms with Gasteiger partial charge in [0.2, 0.25) is 0 Å². The molecule has 4 heteroatoms. The maximum Gasteiger partial charge on any atom is 0.170 e. The molecule has 2 N–H and O–H groups in total. The molecule has 0 heterocycles. The Morgan fingerprint density at radius 2 is 1.90 bits per heavy atom. The first-order valence-corrected chi connectivity index (χ1v) is 8.20. The highest BCUT2D eigenvalue weighted by Gasteiger charge is 2.02. The zero-order valence-electron chi connectivity index (χ0n) is 12.0. The highest BCUT2D eigenvalue weighted by atomic mass is 79.9. The van der Waals surface area contributed by atoms with Crippen LogP contribution in [0.4, 0.5) is 5.69 Å². The van der Waals surface area contributed by atoms with E-state index in [0.29, 0.717) is 5.11 Å². The molecule has 110 valence electrons. The summed E-state index contributed by atoms with van der Waals surface area (Å²) in [6, 6.07) is 16.6. The van der Waals surface area contributed by atoms with Gasteiger partial charge in [-0.25, -0.2) is 0 Å². The van der Waals surface area contributed by atoms with Crippen LogP contribution in [0.2, 0.25) is 0 Å². The Balaban J connectivity index is 1.72. The Bertz CT molecular complexity index is 599. The molecule has 0 atom stereocenters. The number of rotatable bonds is 5. The molecule has 0 aromatic heterocycles. The third-order valence-corrected chi connectivity index (χ3v) is 4.05. The molecule has 2 rings (SSSR count). The van der Waals surface area contributed by atoms with Gasteiger partial charge in [-0.3, -0.25) is 0 Å². The van der Waals surface area contributed by atoms with E-state index in [4.69, 9.17) is 12.2 Å². The summed E-state index contributed by atoms with van der Waals surface area (Å²) < 4.78 is 1.02. The van der Waals surface area contributed by atoms with E-state index in [1.807, 2.05) is 12.1 Å². The van der Waals surface area contributed by atoms with Crippen molar-refractivity contribution in [3.05, 3.63) is 64.1 Å². The number of nitrogens with one attached hydrogen (secondary N) is 2. The van der Waals surface area contributed by atoms with E-state index in [2.05, 4.69) is 69.9 Å². The van der Waals surface area contributed by atoms with Gasteiger partial charge < -0.3 is 10.6 Å². The van der Waals surface area contributed by atoms with E-state index in [0.717, 1.165) is 29.5 Å². The summed E-state index contributed by atoms with van der Waals surface area (Å²) in [6.45, 7) is 2.93. The van der Waals surface area contributed by atoms with Gasteiger partial charge in [-0.15, -0.1) is 0 Å². The zero-order chi connectivity index (χ0) is 15.1. The van der Waals surface area contributed by atoms with Crippen LogP contribution in [0.1, 0.15) is 17.5 Å². The van der Waals surface area contributed by atoms with Crippen molar-refractivity contribution in [2.75, 3.05) is 11.9 Å². The van der Waals surface area contributed by atoms with Gasteiger partial charge in [0.1, 0.15) is 0 Å². The van der Waals surface area contributed by atoms with Crippen molar-refractivity contribution in [2.24, 2.45) is 0 Å². The van der Waals surface area contributed by atoms with Crippen LogP contribution in [0.15, 0.2) is 53.0 Å². The largest absolute Gasteiger partial charge is 0.362 e. The lowest BCUT2D eigenvalue weighted by molar-refractivity contribution is 0.777. The lowest BCUT2D eigenvalue weighted by atomic mass is 10.1. The molecule has 0 aliphatic heterocycles. The minimum atomic E-state index is 0.660. The third-order valence-electron chi connectivity index (χ3n) is 3.14. The molecule has 0 unspecified atom stereocenters. The van der Waals surface area contributed by atoms with E-state index < -0.39 is 0 Å². The lowest BCUT2D eigenvalue weighted by Crippen LogP contribution is -2.29. The summed E-state index contributed by atoms with van der Waals surface area (Å²) in [7, 11) is 0. The number of halogens is 1. The van der Waals surface area contributed by atoms with Crippen LogP contribution in [0.3, 0.4) is 0 Å². The molecule has 0 amide bonds. The van der Waals surface area contributed by atoms with Gasteiger partial charge in [-0.05, 0) is 71.2 Å². The minimum Gasteiger partial charge on any atom is -0.362 e. The van der Waals surface area contributed by atoms with Gasteiger partial charge in [0.15, 0.2) is 5.11 Å². The van der Waals surface area contributed by atoms with Crippen molar-refractivity contribution in [1.82, 2.24) is 5.32 Å². The predicted molar refractivity (Wildman–Crippen MR) is 97.9 cm³/mol. The maximum atomic E-state index is 5.32. The van der Waals surface area contributed by atoms with Crippen molar-refractivity contribution in [2.45, 2.75) is 19.8 Å². The number of thiocarbonyl (C=S) groups is 1. The SMILES string of the molecule is Cc1ccc(NC(=S)NCCCc2ccccc2)c(Br)c1. The maximum absolute atomic E-state index is 5.32.